The lowest BCUT2D eigenvalue weighted by Crippen LogP contribution is -2.41. The van der Waals surface area contributed by atoms with Crippen molar-refractivity contribution < 1.29 is 14.0 Å². The molecule has 2 saturated heterocycles. The Morgan fingerprint density at radius 3 is 2.47 bits per heavy atom. The summed E-state index contributed by atoms with van der Waals surface area (Å²) in [6, 6.07) is 26.1. The van der Waals surface area contributed by atoms with E-state index < -0.39 is 18.3 Å². The van der Waals surface area contributed by atoms with E-state index >= 15 is 0 Å². The molecule has 3 aliphatic heterocycles. The third kappa shape index (κ3) is 4.26. The molecule has 0 radical (unpaired) electrons. The molecule has 5 heterocycles. The number of hydrogen-bond acceptors (Lipinski definition) is 5. The Labute approximate surface area is 252 Å². The predicted molar refractivity (Wildman–Crippen MR) is 170 cm³/mol. The maximum absolute atomic E-state index is 6.83. The second-order valence-corrected chi connectivity index (χ2v) is 13.2. The number of imidazole rings is 1. The molecule has 2 aromatic heterocycles. The molecule has 1 N–H and O–H groups in total. The first-order valence-electron chi connectivity index (χ1n) is 15.3. The number of H-pyrrole nitrogens is 1. The molecule has 0 aliphatic carbocycles. The highest BCUT2D eigenvalue weighted by Crippen LogP contribution is 2.45. The molecule has 8 heteroatoms. The number of likely N-dealkylation sites (tertiary alicyclic amines) is 1. The minimum absolute atomic E-state index is 0.308. The van der Waals surface area contributed by atoms with Gasteiger partial charge < -0.3 is 23.6 Å². The lowest BCUT2D eigenvalue weighted by atomic mass is 9.78. The van der Waals surface area contributed by atoms with E-state index in [0.29, 0.717) is 6.04 Å². The van der Waals surface area contributed by atoms with Crippen LogP contribution in [-0.4, -0.2) is 51.3 Å². The van der Waals surface area contributed by atoms with Crippen LogP contribution in [0.25, 0.3) is 33.4 Å². The van der Waals surface area contributed by atoms with Gasteiger partial charge in [-0.15, -0.1) is 0 Å². The molecular formula is C35H37BN4O3. The van der Waals surface area contributed by atoms with Crippen molar-refractivity contribution in [2.45, 2.75) is 64.0 Å². The predicted octanol–water partition coefficient (Wildman–Crippen LogP) is 6.70. The van der Waals surface area contributed by atoms with Crippen molar-refractivity contribution >= 4 is 23.5 Å². The topological polar surface area (TPSA) is 64.5 Å². The fourth-order valence-corrected chi connectivity index (χ4v) is 6.75. The summed E-state index contributed by atoms with van der Waals surface area (Å²) in [6.07, 6.45) is 4.02. The van der Waals surface area contributed by atoms with E-state index in [4.69, 9.17) is 19.0 Å². The van der Waals surface area contributed by atoms with Gasteiger partial charge in [-0.25, -0.2) is 4.98 Å². The molecule has 0 saturated carbocycles. The van der Waals surface area contributed by atoms with Crippen LogP contribution in [0.3, 0.4) is 0 Å². The minimum Gasteiger partial charge on any atom is -0.465 e. The van der Waals surface area contributed by atoms with Crippen molar-refractivity contribution in [3.05, 3.63) is 90.4 Å². The quantitative estimate of drug-likeness (QED) is 0.243. The first kappa shape index (κ1) is 26.8. The van der Waals surface area contributed by atoms with E-state index in [1.54, 1.807) is 0 Å². The molecule has 3 aliphatic rings. The number of aromatic amines is 1. The second kappa shape index (κ2) is 9.58. The Balaban J connectivity index is 1.21. The van der Waals surface area contributed by atoms with Crippen LogP contribution in [0.2, 0.25) is 0 Å². The number of ether oxygens (including phenoxy) is 1. The molecule has 8 rings (SSSR count). The molecule has 2 atom stereocenters. The number of nitrogens with zero attached hydrogens (tertiary/aromatic N) is 3. The van der Waals surface area contributed by atoms with Gasteiger partial charge in [0.05, 0.1) is 40.3 Å². The van der Waals surface area contributed by atoms with Crippen molar-refractivity contribution in [2.75, 3.05) is 13.6 Å². The highest BCUT2D eigenvalue weighted by molar-refractivity contribution is 6.62. The maximum Gasteiger partial charge on any atom is 0.494 e. The summed E-state index contributed by atoms with van der Waals surface area (Å²) < 4.78 is 21.9. The zero-order valence-corrected chi connectivity index (χ0v) is 25.4. The smallest absolute Gasteiger partial charge is 0.465 e. The van der Waals surface area contributed by atoms with Gasteiger partial charge in [0.15, 0.2) is 0 Å². The number of benzene rings is 3. The largest absolute Gasteiger partial charge is 0.494 e. The lowest BCUT2D eigenvalue weighted by molar-refractivity contribution is 0.00578. The third-order valence-corrected chi connectivity index (χ3v) is 9.95. The number of rotatable bonds is 4. The van der Waals surface area contributed by atoms with Crippen LogP contribution in [0.15, 0.2) is 79.0 Å². The zero-order valence-electron chi connectivity index (χ0n) is 25.4. The van der Waals surface area contributed by atoms with Gasteiger partial charge in [-0.2, -0.15) is 0 Å². The molecule has 0 amide bonds. The second-order valence-electron chi connectivity index (χ2n) is 13.2. The molecule has 5 aromatic rings. The Morgan fingerprint density at radius 2 is 1.72 bits per heavy atom. The first-order valence-corrected chi connectivity index (χ1v) is 15.3. The normalized spacial score (nSPS) is 22.5. The van der Waals surface area contributed by atoms with Crippen LogP contribution >= 0.6 is 0 Å². The number of nitrogens with one attached hydrogen (secondary N) is 1. The van der Waals surface area contributed by atoms with Gasteiger partial charge in [-0.05, 0) is 89.9 Å². The van der Waals surface area contributed by atoms with E-state index in [9.17, 15) is 0 Å². The van der Waals surface area contributed by atoms with Crippen molar-refractivity contribution in [1.82, 2.24) is 19.4 Å². The van der Waals surface area contributed by atoms with Crippen LogP contribution in [-0.2, 0) is 9.31 Å². The molecule has 218 valence electrons. The van der Waals surface area contributed by atoms with E-state index in [0.717, 1.165) is 69.0 Å². The molecular weight excluding hydrogens is 535 g/mol. The average molecular weight is 573 g/mol. The van der Waals surface area contributed by atoms with Crippen molar-refractivity contribution in [3.8, 4) is 28.3 Å². The number of fused-ring (bicyclic) bond motifs is 5. The molecule has 3 aromatic carbocycles. The van der Waals surface area contributed by atoms with Crippen molar-refractivity contribution in [2.24, 2.45) is 0 Å². The Bertz CT molecular complexity index is 1830. The fraction of sp³-hybridized carbons (Fsp3) is 0.343. The Hall–Kier alpha value is -3.85. The summed E-state index contributed by atoms with van der Waals surface area (Å²) >= 11 is 0. The van der Waals surface area contributed by atoms with Crippen LogP contribution in [0.1, 0.15) is 64.2 Å². The van der Waals surface area contributed by atoms with E-state index in [2.05, 4.69) is 116 Å². The van der Waals surface area contributed by atoms with Crippen molar-refractivity contribution in [1.29, 1.82) is 0 Å². The van der Waals surface area contributed by atoms with Gasteiger partial charge in [-0.3, -0.25) is 4.90 Å². The molecule has 0 bridgehead atoms. The summed E-state index contributed by atoms with van der Waals surface area (Å²) in [5, 5.41) is 1.16. The summed E-state index contributed by atoms with van der Waals surface area (Å²) in [7, 11) is 1.73. The van der Waals surface area contributed by atoms with E-state index in [1.165, 1.54) is 6.42 Å². The van der Waals surface area contributed by atoms with Gasteiger partial charge in [-0.1, -0.05) is 42.5 Å². The SMILES string of the molecule is CN1CCCC1c1ncc(-c2ccc3c(c2)cc2n3C(c3ccccc3)Oc3cc(B4OC(C)(C)C(C)(C)O4)ccc3-2)[nH]1. The molecule has 7 nitrogen and oxygen atoms in total. The molecule has 0 spiro atoms. The minimum atomic E-state index is -0.451. The van der Waals surface area contributed by atoms with Gasteiger partial charge in [0, 0.05) is 22.1 Å². The van der Waals surface area contributed by atoms with Gasteiger partial charge in [0.25, 0.3) is 0 Å². The fourth-order valence-electron chi connectivity index (χ4n) is 6.75. The van der Waals surface area contributed by atoms with Crippen LogP contribution in [0.5, 0.6) is 5.75 Å². The van der Waals surface area contributed by atoms with Gasteiger partial charge in [0.1, 0.15) is 11.6 Å². The van der Waals surface area contributed by atoms with Crippen LogP contribution < -0.4 is 10.2 Å². The van der Waals surface area contributed by atoms with Gasteiger partial charge in [0.2, 0.25) is 6.23 Å². The lowest BCUT2D eigenvalue weighted by Gasteiger charge is -2.32. The Kier molecular flexibility index (Phi) is 5.96. The summed E-state index contributed by atoms with van der Waals surface area (Å²) in [6.45, 7) is 9.44. The molecule has 2 unspecified atom stereocenters. The van der Waals surface area contributed by atoms with Crippen LogP contribution in [0.4, 0.5) is 0 Å². The molecule has 2 fully saturated rings. The maximum atomic E-state index is 6.83. The van der Waals surface area contributed by atoms with Crippen LogP contribution in [0, 0.1) is 0 Å². The monoisotopic (exact) mass is 572 g/mol. The standard InChI is InChI=1S/C35H37BN4O3/c1-34(2)35(3,4)43-36(42-34)25-14-15-26-30-19-24-18-23(27-21-37-32(38-27)29-12-9-17-39(29)5)13-16-28(24)40(30)33(41-31(26)20-25)22-10-7-6-8-11-22/h6-8,10-11,13-16,18-21,29,33H,9,12,17H2,1-5H3,(H,37,38). The third-order valence-electron chi connectivity index (χ3n) is 9.95. The highest BCUT2D eigenvalue weighted by atomic mass is 16.7. The molecule has 43 heavy (non-hydrogen) atoms. The number of hydrogen-bond donors (Lipinski definition) is 1. The zero-order chi connectivity index (χ0) is 29.5. The number of aromatic nitrogens is 3. The first-order chi connectivity index (χ1) is 20.7. The van der Waals surface area contributed by atoms with E-state index in [1.807, 2.05) is 12.3 Å². The average Bonchev–Trinajstić information content (AvgIpc) is 3.77. The summed E-state index contributed by atoms with van der Waals surface area (Å²) in [5.74, 6) is 1.88. The van der Waals surface area contributed by atoms with E-state index in [-0.39, 0.29) is 6.23 Å². The summed E-state index contributed by atoms with van der Waals surface area (Å²) in [4.78, 5) is 10.8. The highest BCUT2D eigenvalue weighted by Gasteiger charge is 2.52. The Morgan fingerprint density at radius 1 is 0.930 bits per heavy atom. The summed E-state index contributed by atoms with van der Waals surface area (Å²) in [5.41, 5.74) is 6.71. The van der Waals surface area contributed by atoms with Crippen molar-refractivity contribution in [3.63, 3.8) is 0 Å². The van der Waals surface area contributed by atoms with Gasteiger partial charge >= 0.3 is 7.12 Å².